The van der Waals surface area contributed by atoms with E-state index in [4.69, 9.17) is 0 Å². The molecule has 0 aliphatic heterocycles. The van der Waals surface area contributed by atoms with Crippen molar-refractivity contribution in [2.45, 2.75) is 45.1 Å². The summed E-state index contributed by atoms with van der Waals surface area (Å²) in [5.41, 5.74) is 4.22. The van der Waals surface area contributed by atoms with Crippen LogP contribution in [0.1, 0.15) is 36.8 Å². The fourth-order valence-electron chi connectivity index (χ4n) is 4.65. The van der Waals surface area contributed by atoms with E-state index in [2.05, 4.69) is 49.4 Å². The minimum atomic E-state index is -0.204. The molecule has 1 amide bonds. The van der Waals surface area contributed by atoms with E-state index in [-0.39, 0.29) is 17.9 Å². The third-order valence-corrected chi connectivity index (χ3v) is 7.23. The van der Waals surface area contributed by atoms with E-state index in [0.717, 1.165) is 37.9 Å². The number of carbonyl (C=O) groups is 1. The summed E-state index contributed by atoms with van der Waals surface area (Å²) in [5.74, 6) is 3.13. The average Bonchev–Trinajstić information content (AvgIpc) is 3.19. The molecule has 0 heterocycles. The minimum Gasteiger partial charge on any atom is -0.392 e. The zero-order valence-electron chi connectivity index (χ0n) is 18.0. The van der Waals surface area contributed by atoms with Gasteiger partial charge in [0, 0.05) is 20.0 Å². The maximum Gasteiger partial charge on any atom is 0.232 e. The number of nitrogens with zero attached hydrogens (tertiary/aromatic N) is 1. The normalized spacial score (nSPS) is 26.0. The Morgan fingerprint density at radius 1 is 1.31 bits per heavy atom. The fourth-order valence-corrected chi connectivity index (χ4v) is 5.64. The third-order valence-electron chi connectivity index (χ3n) is 6.28. The summed E-state index contributed by atoms with van der Waals surface area (Å²) in [4.78, 5) is 13.3. The highest BCUT2D eigenvalue weighted by molar-refractivity contribution is 7.99. The van der Waals surface area contributed by atoms with E-state index in [0.29, 0.717) is 17.6 Å². The summed E-state index contributed by atoms with van der Waals surface area (Å²) in [6.45, 7) is 2.14. The van der Waals surface area contributed by atoms with Crippen LogP contribution >= 0.6 is 11.8 Å². The zero-order chi connectivity index (χ0) is 20.8. The topological polar surface area (TPSA) is 40.5 Å². The standard InChI is InChI=1S/C25H35NO2S/c1-18-7-6-9-19(13-18)8-4-5-10-22-23-15-20(14-21(23)16-24(22)27)11-12-29-17-25(28)26(2)3/h5-7,9-10,13-14,21-24,27H,4,8,11-12,15-17H2,1-3H3/b10-5+/t21-,22+,23-,24+/m0/s1. The lowest BCUT2D eigenvalue weighted by Gasteiger charge is -2.18. The predicted molar refractivity (Wildman–Crippen MR) is 123 cm³/mol. The first-order valence-electron chi connectivity index (χ1n) is 10.8. The molecule has 29 heavy (non-hydrogen) atoms. The van der Waals surface area contributed by atoms with Crippen molar-refractivity contribution in [2.75, 3.05) is 25.6 Å². The van der Waals surface area contributed by atoms with Crippen molar-refractivity contribution in [1.29, 1.82) is 0 Å². The quantitative estimate of drug-likeness (QED) is 0.474. The molecule has 0 aromatic heterocycles. The SMILES string of the molecule is Cc1cccc(CC/C=C/[C@@H]2[C@H]3CC(CCSCC(=O)N(C)C)=C[C@H]3C[C@H]2O)c1. The summed E-state index contributed by atoms with van der Waals surface area (Å²) in [6, 6.07) is 8.71. The highest BCUT2D eigenvalue weighted by atomic mass is 32.2. The second-order valence-corrected chi connectivity index (χ2v) is 9.89. The molecule has 1 aromatic rings. The van der Waals surface area contributed by atoms with Crippen LogP contribution in [0.4, 0.5) is 0 Å². The summed E-state index contributed by atoms with van der Waals surface area (Å²) in [5, 5.41) is 10.5. The lowest BCUT2D eigenvalue weighted by molar-refractivity contribution is -0.125. The third kappa shape index (κ3) is 6.23. The molecule has 1 fully saturated rings. The summed E-state index contributed by atoms with van der Waals surface area (Å²) >= 11 is 1.73. The smallest absolute Gasteiger partial charge is 0.232 e. The number of amides is 1. The molecule has 1 N–H and O–H groups in total. The van der Waals surface area contributed by atoms with Gasteiger partial charge < -0.3 is 10.0 Å². The van der Waals surface area contributed by atoms with Crippen molar-refractivity contribution in [3.63, 3.8) is 0 Å². The van der Waals surface area contributed by atoms with Crippen LogP contribution in [-0.2, 0) is 11.2 Å². The van der Waals surface area contributed by atoms with Gasteiger partial charge in [-0.3, -0.25) is 4.79 Å². The number of thioether (sulfide) groups is 1. The van der Waals surface area contributed by atoms with Crippen LogP contribution in [0.3, 0.4) is 0 Å². The summed E-state index contributed by atoms with van der Waals surface area (Å²) in [7, 11) is 3.62. The highest BCUT2D eigenvalue weighted by Crippen LogP contribution is 2.48. The maximum absolute atomic E-state index is 11.7. The molecular weight excluding hydrogens is 378 g/mol. The number of rotatable bonds is 9. The second-order valence-electron chi connectivity index (χ2n) is 8.78. The molecule has 4 atom stereocenters. The van der Waals surface area contributed by atoms with Crippen molar-refractivity contribution in [2.24, 2.45) is 17.8 Å². The summed E-state index contributed by atoms with van der Waals surface area (Å²) in [6.07, 6.45) is 11.9. The van der Waals surface area contributed by atoms with Crippen LogP contribution in [-0.4, -0.2) is 47.6 Å². The van der Waals surface area contributed by atoms with Gasteiger partial charge in [0.1, 0.15) is 0 Å². The van der Waals surface area contributed by atoms with Crippen molar-refractivity contribution in [1.82, 2.24) is 4.90 Å². The number of fused-ring (bicyclic) bond motifs is 1. The van der Waals surface area contributed by atoms with Gasteiger partial charge in [0.2, 0.25) is 5.91 Å². The number of aryl methyl sites for hydroxylation is 2. The largest absolute Gasteiger partial charge is 0.392 e. The Hall–Kier alpha value is -1.52. The second kappa shape index (κ2) is 10.5. The van der Waals surface area contributed by atoms with Gasteiger partial charge in [0.05, 0.1) is 11.9 Å². The Bertz CT molecular complexity index is 755. The fraction of sp³-hybridized carbons (Fsp3) is 0.560. The molecule has 0 spiro atoms. The van der Waals surface area contributed by atoms with Gasteiger partial charge >= 0.3 is 0 Å². The van der Waals surface area contributed by atoms with Crippen LogP contribution in [0, 0.1) is 24.7 Å². The molecule has 1 saturated carbocycles. The molecule has 1 aromatic carbocycles. The van der Waals surface area contributed by atoms with E-state index in [9.17, 15) is 9.90 Å². The van der Waals surface area contributed by atoms with E-state index in [1.54, 1.807) is 16.7 Å². The monoisotopic (exact) mass is 413 g/mol. The molecule has 4 heteroatoms. The lowest BCUT2D eigenvalue weighted by Crippen LogP contribution is -2.23. The van der Waals surface area contributed by atoms with E-state index in [1.165, 1.54) is 16.7 Å². The number of carbonyl (C=O) groups excluding carboxylic acids is 1. The van der Waals surface area contributed by atoms with Crippen LogP contribution in [0.5, 0.6) is 0 Å². The molecule has 0 radical (unpaired) electrons. The van der Waals surface area contributed by atoms with Gasteiger partial charge in [-0.05, 0) is 62.2 Å². The number of allylic oxidation sites excluding steroid dienone is 3. The Kier molecular flexibility index (Phi) is 8.02. The van der Waals surface area contributed by atoms with Crippen LogP contribution in [0.2, 0.25) is 0 Å². The first kappa shape index (κ1) is 22.2. The Balaban J connectivity index is 1.43. The van der Waals surface area contributed by atoms with Gasteiger partial charge in [-0.15, -0.1) is 0 Å². The molecule has 2 aliphatic carbocycles. The van der Waals surface area contributed by atoms with Gasteiger partial charge in [-0.25, -0.2) is 0 Å². The molecule has 0 bridgehead atoms. The molecule has 0 unspecified atom stereocenters. The number of benzene rings is 1. The van der Waals surface area contributed by atoms with Gasteiger partial charge in [0.25, 0.3) is 0 Å². The van der Waals surface area contributed by atoms with Crippen molar-refractivity contribution in [3.05, 3.63) is 59.2 Å². The first-order valence-corrected chi connectivity index (χ1v) is 12.0. The highest BCUT2D eigenvalue weighted by Gasteiger charge is 2.43. The van der Waals surface area contributed by atoms with Crippen LogP contribution in [0.25, 0.3) is 0 Å². The van der Waals surface area contributed by atoms with E-state index in [1.807, 2.05) is 14.1 Å². The molecule has 3 nitrogen and oxygen atoms in total. The number of aliphatic hydroxyl groups is 1. The Labute approximate surface area is 180 Å². The van der Waals surface area contributed by atoms with Gasteiger partial charge in [-0.2, -0.15) is 11.8 Å². The molecule has 158 valence electrons. The van der Waals surface area contributed by atoms with Crippen molar-refractivity contribution >= 4 is 17.7 Å². The van der Waals surface area contributed by atoms with Gasteiger partial charge in [-0.1, -0.05) is 53.6 Å². The molecule has 0 saturated heterocycles. The number of hydrogen-bond acceptors (Lipinski definition) is 3. The predicted octanol–water partition coefficient (Wildman–Crippen LogP) is 4.64. The molecule has 3 rings (SSSR count). The maximum atomic E-state index is 11.7. The molecule has 2 aliphatic rings. The number of hydrogen-bond donors (Lipinski definition) is 1. The zero-order valence-corrected chi connectivity index (χ0v) is 18.8. The first-order chi connectivity index (χ1) is 13.9. The van der Waals surface area contributed by atoms with Crippen molar-refractivity contribution in [3.8, 4) is 0 Å². The van der Waals surface area contributed by atoms with Gasteiger partial charge in [0.15, 0.2) is 0 Å². The Morgan fingerprint density at radius 3 is 2.90 bits per heavy atom. The summed E-state index contributed by atoms with van der Waals surface area (Å²) < 4.78 is 0. The van der Waals surface area contributed by atoms with E-state index < -0.39 is 0 Å². The van der Waals surface area contributed by atoms with E-state index >= 15 is 0 Å². The average molecular weight is 414 g/mol. The van der Waals surface area contributed by atoms with Crippen LogP contribution < -0.4 is 0 Å². The lowest BCUT2D eigenvalue weighted by atomic mass is 9.89. The minimum absolute atomic E-state index is 0.186. The Morgan fingerprint density at radius 2 is 2.14 bits per heavy atom. The van der Waals surface area contributed by atoms with Crippen LogP contribution in [0.15, 0.2) is 48.1 Å². The number of aliphatic hydroxyl groups excluding tert-OH is 1. The van der Waals surface area contributed by atoms with Crippen molar-refractivity contribution < 1.29 is 9.90 Å². The molecular formula is C25H35NO2S.